The SMILES string of the molecule is O=C(O)CCCc1cn[nH]c1C1CC1. The lowest BCUT2D eigenvalue weighted by Crippen LogP contribution is -1.96. The second-order valence-corrected chi connectivity index (χ2v) is 3.83. The predicted molar refractivity (Wildman–Crippen MR) is 51.1 cm³/mol. The van der Waals surface area contributed by atoms with Gasteiger partial charge in [0.1, 0.15) is 0 Å². The van der Waals surface area contributed by atoms with Gasteiger partial charge in [0.25, 0.3) is 0 Å². The van der Waals surface area contributed by atoms with Crippen molar-refractivity contribution >= 4 is 5.97 Å². The first-order valence-electron chi connectivity index (χ1n) is 5.01. The molecule has 2 rings (SSSR count). The Balaban J connectivity index is 1.88. The van der Waals surface area contributed by atoms with Crippen molar-refractivity contribution in [1.29, 1.82) is 0 Å². The average molecular weight is 194 g/mol. The van der Waals surface area contributed by atoms with Crippen molar-refractivity contribution in [2.75, 3.05) is 0 Å². The van der Waals surface area contributed by atoms with E-state index >= 15 is 0 Å². The minimum absolute atomic E-state index is 0.245. The molecule has 4 nitrogen and oxygen atoms in total. The third-order valence-electron chi connectivity index (χ3n) is 2.57. The molecule has 0 spiro atoms. The zero-order valence-electron chi connectivity index (χ0n) is 7.99. The van der Waals surface area contributed by atoms with Crippen LogP contribution in [0.25, 0.3) is 0 Å². The number of nitrogens with one attached hydrogen (secondary N) is 1. The summed E-state index contributed by atoms with van der Waals surface area (Å²) >= 11 is 0. The van der Waals surface area contributed by atoms with E-state index in [0.717, 1.165) is 6.42 Å². The molecule has 0 atom stereocenters. The highest BCUT2D eigenvalue weighted by Crippen LogP contribution is 2.40. The fourth-order valence-electron chi connectivity index (χ4n) is 1.68. The number of aromatic amines is 1. The fourth-order valence-corrected chi connectivity index (χ4v) is 1.68. The predicted octanol–water partition coefficient (Wildman–Crippen LogP) is 1.69. The molecule has 1 saturated carbocycles. The minimum Gasteiger partial charge on any atom is -0.481 e. The number of rotatable bonds is 5. The molecule has 1 aliphatic rings. The number of hydrogen-bond donors (Lipinski definition) is 2. The van der Waals surface area contributed by atoms with E-state index in [2.05, 4.69) is 10.2 Å². The van der Waals surface area contributed by atoms with Gasteiger partial charge in [-0.2, -0.15) is 5.10 Å². The Hall–Kier alpha value is -1.32. The minimum atomic E-state index is -0.721. The summed E-state index contributed by atoms with van der Waals surface area (Å²) in [7, 11) is 0. The second kappa shape index (κ2) is 3.82. The molecule has 0 aromatic carbocycles. The maximum atomic E-state index is 10.3. The summed E-state index contributed by atoms with van der Waals surface area (Å²) in [5.74, 6) is -0.0567. The number of carboxylic acids is 1. The van der Waals surface area contributed by atoms with E-state index in [-0.39, 0.29) is 6.42 Å². The molecule has 0 bridgehead atoms. The summed E-state index contributed by atoms with van der Waals surface area (Å²) < 4.78 is 0. The Morgan fingerprint density at radius 3 is 3.07 bits per heavy atom. The van der Waals surface area contributed by atoms with Crippen LogP contribution in [0.1, 0.15) is 42.9 Å². The van der Waals surface area contributed by atoms with Crippen LogP contribution in [0.15, 0.2) is 6.20 Å². The molecule has 0 saturated heterocycles. The molecular formula is C10H14N2O2. The smallest absolute Gasteiger partial charge is 0.303 e. The molecule has 0 radical (unpaired) electrons. The number of nitrogens with zero attached hydrogens (tertiary/aromatic N) is 1. The van der Waals surface area contributed by atoms with Crippen LogP contribution in [0.3, 0.4) is 0 Å². The lowest BCUT2D eigenvalue weighted by molar-refractivity contribution is -0.137. The van der Waals surface area contributed by atoms with Gasteiger partial charge in [-0.1, -0.05) is 0 Å². The monoisotopic (exact) mass is 194 g/mol. The van der Waals surface area contributed by atoms with E-state index in [1.54, 1.807) is 0 Å². The van der Waals surface area contributed by atoms with E-state index in [4.69, 9.17) is 5.11 Å². The first-order valence-corrected chi connectivity index (χ1v) is 5.01. The van der Waals surface area contributed by atoms with E-state index in [1.165, 1.54) is 24.1 Å². The van der Waals surface area contributed by atoms with Crippen molar-refractivity contribution in [1.82, 2.24) is 10.2 Å². The molecule has 0 amide bonds. The van der Waals surface area contributed by atoms with E-state index < -0.39 is 5.97 Å². The van der Waals surface area contributed by atoms with Gasteiger partial charge in [0.05, 0.1) is 6.20 Å². The number of aryl methyl sites for hydroxylation is 1. The number of H-pyrrole nitrogens is 1. The van der Waals surface area contributed by atoms with Gasteiger partial charge >= 0.3 is 5.97 Å². The Labute approximate surface area is 82.3 Å². The van der Waals surface area contributed by atoms with Crippen molar-refractivity contribution in [3.8, 4) is 0 Å². The van der Waals surface area contributed by atoms with Crippen molar-refractivity contribution < 1.29 is 9.90 Å². The Morgan fingerprint density at radius 1 is 1.64 bits per heavy atom. The van der Waals surface area contributed by atoms with Crippen molar-refractivity contribution in [2.24, 2.45) is 0 Å². The quantitative estimate of drug-likeness (QED) is 0.749. The number of hydrogen-bond acceptors (Lipinski definition) is 2. The maximum absolute atomic E-state index is 10.3. The Morgan fingerprint density at radius 2 is 2.43 bits per heavy atom. The highest BCUT2D eigenvalue weighted by atomic mass is 16.4. The van der Waals surface area contributed by atoms with Crippen LogP contribution in [0.5, 0.6) is 0 Å². The van der Waals surface area contributed by atoms with Crippen molar-refractivity contribution in [3.63, 3.8) is 0 Å². The zero-order chi connectivity index (χ0) is 9.97. The molecule has 14 heavy (non-hydrogen) atoms. The largest absolute Gasteiger partial charge is 0.481 e. The molecule has 4 heteroatoms. The molecule has 2 N–H and O–H groups in total. The van der Waals surface area contributed by atoms with Crippen molar-refractivity contribution in [2.45, 2.75) is 38.0 Å². The van der Waals surface area contributed by atoms with E-state index in [9.17, 15) is 4.79 Å². The molecule has 76 valence electrons. The molecule has 1 heterocycles. The third kappa shape index (κ3) is 2.13. The fraction of sp³-hybridized carbons (Fsp3) is 0.600. The third-order valence-corrected chi connectivity index (χ3v) is 2.57. The maximum Gasteiger partial charge on any atom is 0.303 e. The summed E-state index contributed by atoms with van der Waals surface area (Å²) in [4.78, 5) is 10.3. The number of carbonyl (C=O) groups is 1. The molecule has 1 aromatic heterocycles. The van der Waals surface area contributed by atoms with Crippen LogP contribution in [-0.4, -0.2) is 21.3 Å². The van der Waals surface area contributed by atoms with Gasteiger partial charge in [-0.05, 0) is 31.2 Å². The van der Waals surface area contributed by atoms with Crippen LogP contribution in [0.2, 0.25) is 0 Å². The lowest BCUT2D eigenvalue weighted by atomic mass is 10.1. The van der Waals surface area contributed by atoms with Crippen LogP contribution in [0, 0.1) is 0 Å². The van der Waals surface area contributed by atoms with Gasteiger partial charge in [0, 0.05) is 18.0 Å². The molecule has 1 fully saturated rings. The standard InChI is InChI=1S/C10H14N2O2/c13-9(14)3-1-2-8-6-11-12-10(8)7-4-5-7/h6-7H,1-5H2,(H,11,12)(H,13,14). The highest BCUT2D eigenvalue weighted by Gasteiger charge is 2.27. The zero-order valence-corrected chi connectivity index (χ0v) is 7.99. The summed E-state index contributed by atoms with van der Waals surface area (Å²) in [6.45, 7) is 0. The highest BCUT2D eigenvalue weighted by molar-refractivity contribution is 5.66. The van der Waals surface area contributed by atoms with Gasteiger partial charge in [0.15, 0.2) is 0 Å². The first kappa shape index (κ1) is 9.24. The Kier molecular flexibility index (Phi) is 2.52. The first-order chi connectivity index (χ1) is 6.77. The van der Waals surface area contributed by atoms with Crippen molar-refractivity contribution in [3.05, 3.63) is 17.5 Å². The molecule has 1 aromatic rings. The average Bonchev–Trinajstić information content (AvgIpc) is 2.87. The topological polar surface area (TPSA) is 66.0 Å². The normalized spacial score (nSPS) is 15.7. The van der Waals surface area contributed by atoms with Gasteiger partial charge in [-0.3, -0.25) is 9.89 Å². The van der Waals surface area contributed by atoms with Gasteiger partial charge < -0.3 is 5.11 Å². The van der Waals surface area contributed by atoms with Gasteiger partial charge in [-0.25, -0.2) is 0 Å². The molecule has 0 aliphatic heterocycles. The van der Waals surface area contributed by atoms with Crippen LogP contribution < -0.4 is 0 Å². The number of carboxylic acid groups (broad SMARTS) is 1. The summed E-state index contributed by atoms with van der Waals surface area (Å²) in [5, 5.41) is 15.5. The second-order valence-electron chi connectivity index (χ2n) is 3.83. The summed E-state index contributed by atoms with van der Waals surface area (Å²) in [6, 6.07) is 0. The Bertz CT molecular complexity index is 329. The molecule has 0 unspecified atom stereocenters. The van der Waals surface area contributed by atoms with Crippen LogP contribution in [-0.2, 0) is 11.2 Å². The lowest BCUT2D eigenvalue weighted by Gasteiger charge is -1.99. The summed E-state index contributed by atoms with van der Waals surface area (Å²) in [6.07, 6.45) is 6.09. The van der Waals surface area contributed by atoms with Gasteiger partial charge in [-0.15, -0.1) is 0 Å². The van der Waals surface area contributed by atoms with Crippen LogP contribution in [0.4, 0.5) is 0 Å². The van der Waals surface area contributed by atoms with Gasteiger partial charge in [0.2, 0.25) is 0 Å². The van der Waals surface area contributed by atoms with E-state index in [0.29, 0.717) is 12.3 Å². The number of aliphatic carboxylic acids is 1. The number of aromatic nitrogens is 2. The summed E-state index contributed by atoms with van der Waals surface area (Å²) in [5.41, 5.74) is 2.43. The molecular weight excluding hydrogens is 180 g/mol. The van der Waals surface area contributed by atoms with E-state index in [1.807, 2.05) is 6.20 Å². The molecule has 1 aliphatic carbocycles. The van der Waals surface area contributed by atoms with Crippen LogP contribution >= 0.6 is 0 Å².